The number of esters is 2. The fraction of sp³-hybridized carbons (Fsp3) is 0.304. The van der Waals surface area contributed by atoms with Gasteiger partial charge in [0.05, 0.1) is 38.5 Å². The van der Waals surface area contributed by atoms with Crippen LogP contribution in [0.15, 0.2) is 42.5 Å². The average Bonchev–Trinajstić information content (AvgIpc) is 2.82. The van der Waals surface area contributed by atoms with Gasteiger partial charge in [0, 0.05) is 18.2 Å². The van der Waals surface area contributed by atoms with Crippen molar-refractivity contribution in [2.24, 2.45) is 0 Å². The lowest BCUT2D eigenvalue weighted by molar-refractivity contribution is -0.147. The summed E-state index contributed by atoms with van der Waals surface area (Å²) >= 11 is 0. The van der Waals surface area contributed by atoms with Crippen LogP contribution < -0.4 is 20.1 Å². The zero-order valence-electron chi connectivity index (χ0n) is 18.6. The van der Waals surface area contributed by atoms with E-state index in [2.05, 4.69) is 10.6 Å². The number of hydrogen-bond acceptors (Lipinski definition) is 8. The number of ether oxygens (including phenoxy) is 4. The van der Waals surface area contributed by atoms with E-state index in [1.54, 1.807) is 37.3 Å². The van der Waals surface area contributed by atoms with Crippen molar-refractivity contribution in [2.75, 3.05) is 38.1 Å². The van der Waals surface area contributed by atoms with E-state index >= 15 is 0 Å². The molecule has 0 aliphatic rings. The first-order chi connectivity index (χ1) is 15.9. The zero-order chi connectivity index (χ0) is 24.2. The van der Waals surface area contributed by atoms with Crippen LogP contribution in [-0.4, -0.2) is 51.2 Å². The van der Waals surface area contributed by atoms with Crippen molar-refractivity contribution in [3.63, 3.8) is 0 Å². The molecule has 2 aromatic carbocycles. The third-order valence-corrected chi connectivity index (χ3v) is 4.28. The predicted octanol–water partition coefficient (Wildman–Crippen LogP) is 2.78. The van der Waals surface area contributed by atoms with Gasteiger partial charge in [-0.2, -0.15) is 0 Å². The Labute approximate surface area is 191 Å². The highest BCUT2D eigenvalue weighted by Gasteiger charge is 2.13. The van der Waals surface area contributed by atoms with Crippen molar-refractivity contribution in [3.8, 4) is 11.5 Å². The summed E-state index contributed by atoms with van der Waals surface area (Å²) in [4.78, 5) is 47.6. The van der Waals surface area contributed by atoms with Crippen LogP contribution in [-0.2, 0) is 23.9 Å². The minimum atomic E-state index is -0.695. The van der Waals surface area contributed by atoms with Gasteiger partial charge in [-0.25, -0.2) is 4.79 Å². The molecule has 2 rings (SSSR count). The smallest absolute Gasteiger partial charge is 0.338 e. The van der Waals surface area contributed by atoms with Gasteiger partial charge in [-0.15, -0.1) is 0 Å². The Bertz CT molecular complexity index is 988. The van der Waals surface area contributed by atoms with Crippen LogP contribution in [0.5, 0.6) is 11.5 Å². The van der Waals surface area contributed by atoms with Gasteiger partial charge in [-0.05, 0) is 43.3 Å². The summed E-state index contributed by atoms with van der Waals surface area (Å²) in [5.74, 6) is -1.17. The maximum atomic E-state index is 12.0. The fourth-order valence-electron chi connectivity index (χ4n) is 2.65. The van der Waals surface area contributed by atoms with Gasteiger partial charge >= 0.3 is 11.9 Å². The lowest BCUT2D eigenvalue weighted by atomic mass is 10.2. The normalized spacial score (nSPS) is 10.0. The van der Waals surface area contributed by atoms with E-state index < -0.39 is 30.4 Å². The van der Waals surface area contributed by atoms with Crippen molar-refractivity contribution in [1.82, 2.24) is 0 Å². The second kappa shape index (κ2) is 12.7. The molecule has 0 heterocycles. The lowest BCUT2D eigenvalue weighted by Gasteiger charge is -2.12. The van der Waals surface area contributed by atoms with Gasteiger partial charge in [0.25, 0.3) is 5.91 Å². The summed E-state index contributed by atoms with van der Waals surface area (Å²) in [6, 6.07) is 11.0. The topological polar surface area (TPSA) is 129 Å². The van der Waals surface area contributed by atoms with Gasteiger partial charge in [0.2, 0.25) is 5.91 Å². The van der Waals surface area contributed by atoms with Crippen LogP contribution in [0, 0.1) is 0 Å². The average molecular weight is 458 g/mol. The Kier molecular flexibility index (Phi) is 9.69. The van der Waals surface area contributed by atoms with E-state index in [1.807, 2.05) is 0 Å². The molecule has 0 radical (unpaired) electrons. The summed E-state index contributed by atoms with van der Waals surface area (Å²) in [5, 5.41) is 5.19. The molecule has 0 aliphatic carbocycles. The Hall–Kier alpha value is -4.08. The van der Waals surface area contributed by atoms with Crippen LogP contribution in [0.2, 0.25) is 0 Å². The number of nitrogens with one attached hydrogen (secondary N) is 2. The molecular formula is C23H26N2O8. The van der Waals surface area contributed by atoms with Gasteiger partial charge in [0.15, 0.2) is 6.61 Å². The molecule has 0 spiro atoms. The summed E-state index contributed by atoms with van der Waals surface area (Å²) in [5.41, 5.74) is 1.23. The zero-order valence-corrected chi connectivity index (χ0v) is 18.6. The van der Waals surface area contributed by atoms with E-state index in [0.717, 1.165) is 0 Å². The Morgan fingerprint density at radius 1 is 0.818 bits per heavy atom. The molecule has 176 valence electrons. The number of methoxy groups -OCH3 is 2. The van der Waals surface area contributed by atoms with Crippen LogP contribution in [0.25, 0.3) is 0 Å². The van der Waals surface area contributed by atoms with Crippen LogP contribution in [0.4, 0.5) is 11.4 Å². The highest BCUT2D eigenvalue weighted by molar-refractivity contribution is 5.96. The number of hydrogen-bond donors (Lipinski definition) is 2. The first-order valence-corrected chi connectivity index (χ1v) is 10.1. The molecule has 0 saturated heterocycles. The van der Waals surface area contributed by atoms with Crippen molar-refractivity contribution in [1.29, 1.82) is 0 Å². The van der Waals surface area contributed by atoms with Crippen LogP contribution >= 0.6 is 0 Å². The molecule has 0 aliphatic heterocycles. The number of carbonyl (C=O) groups excluding carboxylic acids is 4. The molecule has 2 N–H and O–H groups in total. The molecule has 0 saturated carbocycles. The molecular weight excluding hydrogens is 432 g/mol. The Balaban J connectivity index is 1.73. The number of carbonyl (C=O) groups is 4. The van der Waals surface area contributed by atoms with Gasteiger partial charge in [0.1, 0.15) is 11.5 Å². The van der Waals surface area contributed by atoms with Gasteiger partial charge < -0.3 is 29.6 Å². The Morgan fingerprint density at radius 2 is 1.55 bits per heavy atom. The highest BCUT2D eigenvalue weighted by Crippen LogP contribution is 2.28. The molecule has 0 fully saturated rings. The molecule has 0 atom stereocenters. The lowest BCUT2D eigenvalue weighted by Crippen LogP contribution is -2.22. The van der Waals surface area contributed by atoms with Crippen molar-refractivity contribution >= 4 is 35.1 Å². The second-order valence-corrected chi connectivity index (χ2v) is 6.62. The predicted molar refractivity (Wildman–Crippen MR) is 119 cm³/mol. The number of anilines is 2. The van der Waals surface area contributed by atoms with Crippen LogP contribution in [0.1, 0.15) is 30.1 Å². The van der Waals surface area contributed by atoms with Crippen molar-refractivity contribution < 1.29 is 38.1 Å². The van der Waals surface area contributed by atoms with Gasteiger partial charge in [-0.1, -0.05) is 0 Å². The highest BCUT2D eigenvalue weighted by atomic mass is 16.5. The van der Waals surface area contributed by atoms with E-state index in [1.165, 1.54) is 26.4 Å². The Morgan fingerprint density at radius 3 is 2.18 bits per heavy atom. The summed E-state index contributed by atoms with van der Waals surface area (Å²) < 4.78 is 20.1. The minimum Gasteiger partial charge on any atom is -0.497 e. The molecule has 33 heavy (non-hydrogen) atoms. The van der Waals surface area contributed by atoms with E-state index in [4.69, 9.17) is 18.9 Å². The standard InChI is InChI=1S/C23H26N2O8/c1-4-32-23(29)15-5-7-16(8-6-15)24-20(26)11-12-22(28)33-14-21(27)25-18-10-9-17(30-2)13-19(18)31-3/h5-10,13H,4,11-12,14H2,1-3H3,(H,24,26)(H,25,27). The molecule has 0 bridgehead atoms. The summed E-state index contributed by atoms with van der Waals surface area (Å²) in [6.07, 6.45) is -0.335. The fourth-order valence-corrected chi connectivity index (χ4v) is 2.65. The first kappa shape index (κ1) is 25.2. The first-order valence-electron chi connectivity index (χ1n) is 10.1. The maximum Gasteiger partial charge on any atom is 0.338 e. The van der Waals surface area contributed by atoms with Gasteiger partial charge in [-0.3, -0.25) is 14.4 Å². The minimum absolute atomic E-state index is 0.133. The molecule has 10 heteroatoms. The third kappa shape index (κ3) is 8.17. The number of amides is 2. The second-order valence-electron chi connectivity index (χ2n) is 6.62. The largest absolute Gasteiger partial charge is 0.497 e. The summed E-state index contributed by atoms with van der Waals surface area (Å²) in [7, 11) is 2.96. The quantitative estimate of drug-likeness (QED) is 0.492. The molecule has 2 aromatic rings. The molecule has 0 unspecified atom stereocenters. The van der Waals surface area contributed by atoms with Crippen molar-refractivity contribution in [3.05, 3.63) is 48.0 Å². The number of benzene rings is 2. The maximum absolute atomic E-state index is 12.0. The van der Waals surface area contributed by atoms with E-state index in [9.17, 15) is 19.2 Å². The monoisotopic (exact) mass is 458 g/mol. The molecule has 0 aromatic heterocycles. The van der Waals surface area contributed by atoms with Crippen molar-refractivity contribution in [2.45, 2.75) is 19.8 Å². The van der Waals surface area contributed by atoms with E-state index in [-0.39, 0.29) is 19.4 Å². The van der Waals surface area contributed by atoms with E-state index in [0.29, 0.717) is 28.4 Å². The molecule has 2 amide bonds. The number of rotatable bonds is 11. The summed E-state index contributed by atoms with van der Waals surface area (Å²) in [6.45, 7) is 1.47. The molecule has 10 nitrogen and oxygen atoms in total. The third-order valence-electron chi connectivity index (χ3n) is 4.28. The van der Waals surface area contributed by atoms with Crippen LogP contribution in [0.3, 0.4) is 0 Å². The SMILES string of the molecule is CCOC(=O)c1ccc(NC(=O)CCC(=O)OCC(=O)Nc2ccc(OC)cc2OC)cc1.